The van der Waals surface area contributed by atoms with Gasteiger partial charge in [-0.3, -0.25) is 0 Å². The highest BCUT2D eigenvalue weighted by atomic mass is 32.2. The van der Waals surface area contributed by atoms with Crippen LogP contribution < -0.4 is 9.30 Å². The van der Waals surface area contributed by atoms with Crippen LogP contribution in [0.1, 0.15) is 5.56 Å². The van der Waals surface area contributed by atoms with Gasteiger partial charge < -0.3 is 9.76 Å². The number of hydrogen-bond acceptors (Lipinski definition) is 4. The van der Waals surface area contributed by atoms with Crippen LogP contribution in [0.5, 0.6) is 0 Å². The predicted molar refractivity (Wildman–Crippen MR) is 143 cm³/mol. The molecule has 204 valence electrons. The van der Waals surface area contributed by atoms with Gasteiger partial charge in [0.2, 0.25) is 11.4 Å². The predicted octanol–water partition coefficient (Wildman–Crippen LogP) is 5.71. The van der Waals surface area contributed by atoms with Crippen molar-refractivity contribution in [1.82, 2.24) is 0 Å². The van der Waals surface area contributed by atoms with E-state index in [1.165, 1.54) is 11.8 Å². The molecule has 0 saturated heterocycles. The molecule has 0 aliphatic heterocycles. The van der Waals surface area contributed by atoms with Gasteiger partial charge in [0.05, 0.1) is 5.56 Å². The topological polar surface area (TPSA) is 88.0 Å². The molecule has 0 saturated carbocycles. The van der Waals surface area contributed by atoms with Crippen molar-refractivity contribution in [2.45, 2.75) is 12.1 Å². The Balaban J connectivity index is 0.000000406. The number of pyridine rings is 2. The maximum atomic E-state index is 11.9. The summed E-state index contributed by atoms with van der Waals surface area (Å²) < 4.78 is 62.1. The van der Waals surface area contributed by atoms with Gasteiger partial charge in [-0.05, 0) is 41.5 Å². The molecule has 6 nitrogen and oxygen atoms in total. The van der Waals surface area contributed by atoms with Crippen LogP contribution in [0.4, 0.5) is 13.2 Å². The van der Waals surface area contributed by atoms with E-state index in [0.29, 0.717) is 6.54 Å². The van der Waals surface area contributed by atoms with Crippen molar-refractivity contribution in [2.75, 3.05) is 0 Å². The highest BCUT2D eigenvalue weighted by molar-refractivity contribution is 7.86. The van der Waals surface area contributed by atoms with Crippen molar-refractivity contribution in [1.29, 1.82) is 0 Å². The molecule has 0 radical (unpaired) electrons. The van der Waals surface area contributed by atoms with Gasteiger partial charge in [-0.1, -0.05) is 66.7 Å². The maximum absolute atomic E-state index is 11.9. The van der Waals surface area contributed by atoms with E-state index in [0.717, 1.165) is 38.4 Å². The van der Waals surface area contributed by atoms with Crippen LogP contribution in [0.15, 0.2) is 128 Å². The van der Waals surface area contributed by atoms with Crippen LogP contribution in [0.2, 0.25) is 0 Å². The molecule has 40 heavy (non-hydrogen) atoms. The van der Waals surface area contributed by atoms with E-state index < -0.39 is 15.6 Å². The maximum Gasteiger partial charge on any atom is 0.485 e. The summed E-state index contributed by atoms with van der Waals surface area (Å²) in [5, 5.41) is 11.9. The lowest BCUT2D eigenvalue weighted by Crippen LogP contribution is -2.40. The van der Waals surface area contributed by atoms with E-state index in [9.17, 15) is 18.4 Å². The molecule has 0 unspecified atom stereocenters. The van der Waals surface area contributed by atoms with Gasteiger partial charge in [0.1, 0.15) is 0 Å². The number of benzene rings is 3. The molecule has 0 N–H and O–H groups in total. The zero-order chi connectivity index (χ0) is 28.8. The molecular formula is C30H23F3N2O4S. The first-order valence-electron chi connectivity index (χ1n) is 12.0. The first-order chi connectivity index (χ1) is 19.0. The van der Waals surface area contributed by atoms with Crippen LogP contribution in [0.25, 0.3) is 33.6 Å². The third kappa shape index (κ3) is 7.10. The van der Waals surface area contributed by atoms with Gasteiger partial charge in [0.15, 0.2) is 29.1 Å². The monoisotopic (exact) mass is 564 g/mol. The fraction of sp³-hybridized carbons (Fsp3) is 0.0667. The lowest BCUT2D eigenvalue weighted by molar-refractivity contribution is -0.669. The van der Waals surface area contributed by atoms with Gasteiger partial charge >= 0.3 is 5.51 Å². The Kier molecular flexibility index (Phi) is 8.61. The summed E-state index contributed by atoms with van der Waals surface area (Å²) in [4.78, 5) is 0. The Labute approximate surface area is 229 Å². The number of halogens is 3. The fourth-order valence-corrected chi connectivity index (χ4v) is 4.06. The van der Waals surface area contributed by atoms with Crippen LogP contribution >= 0.6 is 0 Å². The average molecular weight is 565 g/mol. The quantitative estimate of drug-likeness (QED) is 0.118. The van der Waals surface area contributed by atoms with E-state index in [1.807, 2.05) is 24.3 Å². The Morgan fingerprint density at radius 1 is 0.650 bits per heavy atom. The van der Waals surface area contributed by atoms with E-state index in [-0.39, 0.29) is 0 Å². The van der Waals surface area contributed by atoms with Crippen LogP contribution in [0, 0.1) is 5.21 Å². The normalized spacial score (nSPS) is 11.4. The molecule has 0 aliphatic carbocycles. The highest BCUT2D eigenvalue weighted by Gasteiger charge is 2.37. The smallest absolute Gasteiger partial charge is 0.485 e. The molecule has 2 aromatic heterocycles. The average Bonchev–Trinajstić information content (AvgIpc) is 2.94. The first-order valence-corrected chi connectivity index (χ1v) is 13.4. The minimum atomic E-state index is -6.09. The lowest BCUT2D eigenvalue weighted by Gasteiger charge is -2.13. The molecule has 0 fully saturated rings. The van der Waals surface area contributed by atoms with E-state index >= 15 is 0 Å². The summed E-state index contributed by atoms with van der Waals surface area (Å²) >= 11 is 0. The standard InChI is InChI=1S/C29H23N2O.CHF3O3S/c32-30-18-10-11-23(21-30)22-31-28(25-14-6-2-7-15-25)19-27(24-12-4-1-5-13-24)20-29(31)26-16-8-3-9-17-26;2-1(3,4)8(5,6)7/h1-21H,22H2;(H,5,6,7)/q+1;/p-1. The van der Waals surface area contributed by atoms with Crippen molar-refractivity contribution < 1.29 is 35.4 Å². The Bertz CT molecular complexity index is 1620. The molecule has 0 spiro atoms. The molecule has 2 heterocycles. The molecular weight excluding hydrogens is 541 g/mol. The molecule has 3 aromatic carbocycles. The summed E-state index contributed by atoms with van der Waals surface area (Å²) in [6.45, 7) is 0.590. The van der Waals surface area contributed by atoms with Crippen molar-refractivity contribution >= 4 is 10.1 Å². The Hall–Kier alpha value is -4.54. The van der Waals surface area contributed by atoms with Gasteiger partial charge in [-0.2, -0.15) is 22.5 Å². The molecule has 0 atom stereocenters. The SMILES string of the molecule is O=S(=O)([O-])C(F)(F)F.[O-][n+]1cccc(C[n+]2c(-c3ccccc3)cc(-c3ccccc3)cc2-c2ccccc2)c1. The highest BCUT2D eigenvalue weighted by Crippen LogP contribution is 2.29. The largest absolute Gasteiger partial charge is 0.741 e. The fourth-order valence-electron chi connectivity index (χ4n) is 4.06. The number of nitrogens with zero attached hydrogens (tertiary/aromatic N) is 2. The number of alkyl halides is 3. The number of rotatable bonds is 5. The van der Waals surface area contributed by atoms with Crippen LogP contribution in [-0.4, -0.2) is 18.5 Å². The third-order valence-corrected chi connectivity index (χ3v) is 6.44. The zero-order valence-corrected chi connectivity index (χ0v) is 21.7. The van der Waals surface area contributed by atoms with Crippen molar-refractivity contribution in [3.63, 3.8) is 0 Å². The van der Waals surface area contributed by atoms with E-state index in [1.54, 1.807) is 12.3 Å². The second-order valence-corrected chi connectivity index (χ2v) is 10.0. The summed E-state index contributed by atoms with van der Waals surface area (Å²) in [5.41, 5.74) is 2.11. The van der Waals surface area contributed by atoms with Crippen LogP contribution in [0.3, 0.4) is 0 Å². The molecule has 5 rings (SSSR count). The van der Waals surface area contributed by atoms with Crippen molar-refractivity contribution in [2.24, 2.45) is 0 Å². The summed E-state index contributed by atoms with van der Waals surface area (Å²) in [6.07, 6.45) is 3.16. The van der Waals surface area contributed by atoms with Crippen molar-refractivity contribution in [3.8, 4) is 33.6 Å². The zero-order valence-electron chi connectivity index (χ0n) is 20.9. The van der Waals surface area contributed by atoms with Crippen LogP contribution in [-0.2, 0) is 16.7 Å². The molecule has 5 aromatic rings. The van der Waals surface area contributed by atoms with Gasteiger partial charge in [0, 0.05) is 29.3 Å². The second-order valence-electron chi connectivity index (χ2n) is 8.67. The van der Waals surface area contributed by atoms with Gasteiger partial charge in [0.25, 0.3) is 0 Å². The van der Waals surface area contributed by atoms with E-state index in [2.05, 4.69) is 89.5 Å². The summed E-state index contributed by atoms with van der Waals surface area (Å²) in [5.74, 6) is 0. The minimum absolute atomic E-state index is 0.590. The molecule has 10 heteroatoms. The van der Waals surface area contributed by atoms with Gasteiger partial charge in [-0.25, -0.2) is 8.42 Å². The number of aromatic nitrogens is 2. The Morgan fingerprint density at radius 2 is 1.07 bits per heavy atom. The molecule has 0 bridgehead atoms. The summed E-state index contributed by atoms with van der Waals surface area (Å²) in [7, 11) is -6.09. The Morgan fingerprint density at radius 3 is 1.48 bits per heavy atom. The second kappa shape index (κ2) is 12.1. The third-order valence-electron chi connectivity index (χ3n) is 5.87. The molecule has 0 amide bonds. The minimum Gasteiger partial charge on any atom is -0.741 e. The van der Waals surface area contributed by atoms with Crippen molar-refractivity contribution in [3.05, 3.63) is 138 Å². The van der Waals surface area contributed by atoms with Gasteiger partial charge in [-0.15, -0.1) is 0 Å². The summed E-state index contributed by atoms with van der Waals surface area (Å²) in [6, 6.07) is 39.6. The van der Waals surface area contributed by atoms with E-state index in [4.69, 9.17) is 13.0 Å². The number of hydrogen-bond donors (Lipinski definition) is 0. The molecule has 0 aliphatic rings. The first kappa shape index (κ1) is 28.5. The lowest BCUT2D eigenvalue weighted by atomic mass is 9.98.